The number of amides is 1. The third-order valence-corrected chi connectivity index (χ3v) is 4.73. The molecule has 1 amide bonds. The van der Waals surface area contributed by atoms with Crippen molar-refractivity contribution < 1.29 is 9.53 Å². The molecule has 1 N–H and O–H groups in total. The highest BCUT2D eigenvalue weighted by molar-refractivity contribution is 5.89. The second kappa shape index (κ2) is 8.66. The predicted molar refractivity (Wildman–Crippen MR) is 109 cm³/mol. The lowest BCUT2D eigenvalue weighted by atomic mass is 10.0. The van der Waals surface area contributed by atoms with Crippen LogP contribution in [0.2, 0.25) is 0 Å². The van der Waals surface area contributed by atoms with Crippen LogP contribution in [0.1, 0.15) is 17.2 Å². The lowest BCUT2D eigenvalue weighted by Crippen LogP contribution is -2.40. The van der Waals surface area contributed by atoms with Crippen LogP contribution in [0.4, 0.5) is 5.95 Å². The Bertz CT molecular complexity index is 987. The van der Waals surface area contributed by atoms with E-state index >= 15 is 0 Å². The molecule has 0 aliphatic carbocycles. The minimum atomic E-state index is -0.163. The van der Waals surface area contributed by atoms with E-state index in [-0.39, 0.29) is 18.5 Å². The molecule has 29 heavy (non-hydrogen) atoms. The zero-order valence-corrected chi connectivity index (χ0v) is 16.1. The molecule has 8 nitrogen and oxygen atoms in total. The number of rotatable bonds is 7. The number of tetrazole rings is 1. The summed E-state index contributed by atoms with van der Waals surface area (Å²) in [6, 6.07) is 19.8. The fourth-order valence-corrected chi connectivity index (χ4v) is 3.36. The number of ether oxygens (including phenoxy) is 1. The predicted octanol–water partition coefficient (Wildman–Crippen LogP) is 1.89. The molecular formula is C21H22N6O2. The van der Waals surface area contributed by atoms with Crippen LogP contribution < -0.4 is 10.2 Å². The zero-order valence-electron chi connectivity index (χ0n) is 16.1. The van der Waals surface area contributed by atoms with Gasteiger partial charge in [-0.3, -0.25) is 9.69 Å². The van der Waals surface area contributed by atoms with Crippen LogP contribution in [-0.4, -0.2) is 52.9 Å². The molecule has 0 unspecified atom stereocenters. The molecule has 0 saturated heterocycles. The van der Waals surface area contributed by atoms with Gasteiger partial charge in [-0.15, -0.1) is 0 Å². The molecule has 1 atom stereocenters. The Morgan fingerprint density at radius 3 is 2.55 bits per heavy atom. The summed E-state index contributed by atoms with van der Waals surface area (Å²) in [7, 11) is 1.60. The molecule has 3 aromatic rings. The molecule has 0 fully saturated rings. The maximum absolute atomic E-state index is 12.5. The summed E-state index contributed by atoms with van der Waals surface area (Å²) in [5.74, 6) is 0.402. The quantitative estimate of drug-likeness (QED) is 0.620. The first-order chi connectivity index (χ1) is 14.3. The van der Waals surface area contributed by atoms with Gasteiger partial charge in [0.05, 0.1) is 12.3 Å². The van der Waals surface area contributed by atoms with Gasteiger partial charge in [0.2, 0.25) is 5.91 Å². The van der Waals surface area contributed by atoms with Crippen molar-refractivity contribution in [1.29, 1.82) is 0 Å². The summed E-state index contributed by atoms with van der Waals surface area (Å²) >= 11 is 0. The van der Waals surface area contributed by atoms with Crippen molar-refractivity contribution in [3.05, 3.63) is 77.9 Å². The Kier molecular flexibility index (Phi) is 5.62. The van der Waals surface area contributed by atoms with Gasteiger partial charge in [0.1, 0.15) is 12.6 Å². The summed E-state index contributed by atoms with van der Waals surface area (Å²) in [4.78, 5) is 14.4. The average molecular weight is 390 g/mol. The van der Waals surface area contributed by atoms with Crippen LogP contribution in [0, 0.1) is 0 Å². The number of hydrogen-bond acceptors (Lipinski definition) is 6. The van der Waals surface area contributed by atoms with E-state index < -0.39 is 0 Å². The number of nitrogens with one attached hydrogen (secondary N) is 1. The van der Waals surface area contributed by atoms with Crippen LogP contribution in [0.25, 0.3) is 5.70 Å². The standard InChI is InChI=1S/C21H22N6O2/c1-29-13-12-22-20(28)15-26-18(16-8-4-2-5-9-16)14-19(17-10-6-3-7-11-17)27-21(26)23-24-25-27/h2-11,14,19H,12-13,15H2,1H3,(H,22,28)/t19-/m0/s1. The minimum Gasteiger partial charge on any atom is -0.383 e. The molecule has 148 valence electrons. The molecule has 1 aromatic heterocycles. The van der Waals surface area contributed by atoms with Crippen LogP contribution in [0.3, 0.4) is 0 Å². The Morgan fingerprint density at radius 2 is 1.83 bits per heavy atom. The number of benzene rings is 2. The average Bonchev–Trinajstić information content (AvgIpc) is 3.25. The first kappa shape index (κ1) is 18.8. The van der Waals surface area contributed by atoms with E-state index in [9.17, 15) is 4.79 Å². The van der Waals surface area contributed by atoms with Crippen LogP contribution in [-0.2, 0) is 9.53 Å². The summed E-state index contributed by atoms with van der Waals surface area (Å²) in [5.41, 5.74) is 2.95. The Balaban J connectivity index is 1.72. The van der Waals surface area contributed by atoms with Gasteiger partial charge in [-0.25, -0.2) is 0 Å². The first-order valence-corrected chi connectivity index (χ1v) is 9.41. The maximum atomic E-state index is 12.5. The SMILES string of the molecule is COCCNC(=O)CN1C(c2ccccc2)=C[C@@H](c2ccccc2)n2nnnc21. The molecule has 2 heterocycles. The van der Waals surface area contributed by atoms with E-state index in [1.165, 1.54) is 0 Å². The Hall–Kier alpha value is -3.52. The van der Waals surface area contributed by atoms with Crippen LogP contribution in [0.15, 0.2) is 66.7 Å². The van der Waals surface area contributed by atoms with Gasteiger partial charge in [-0.05, 0) is 27.6 Å². The van der Waals surface area contributed by atoms with Crippen molar-refractivity contribution in [1.82, 2.24) is 25.5 Å². The fourth-order valence-electron chi connectivity index (χ4n) is 3.36. The second-order valence-corrected chi connectivity index (χ2v) is 6.63. The number of hydrogen-bond donors (Lipinski definition) is 1. The number of anilines is 1. The molecule has 0 spiro atoms. The van der Waals surface area contributed by atoms with Crippen molar-refractivity contribution in [3.8, 4) is 0 Å². The van der Waals surface area contributed by atoms with Gasteiger partial charge < -0.3 is 10.1 Å². The number of aromatic nitrogens is 4. The van der Waals surface area contributed by atoms with Crippen molar-refractivity contribution in [2.45, 2.75) is 6.04 Å². The number of methoxy groups -OCH3 is 1. The molecule has 0 radical (unpaired) electrons. The zero-order chi connectivity index (χ0) is 20.1. The van der Waals surface area contributed by atoms with Gasteiger partial charge in [-0.2, -0.15) is 4.68 Å². The number of carbonyl (C=O) groups excluding carboxylic acids is 1. The molecule has 8 heteroatoms. The number of nitrogens with zero attached hydrogens (tertiary/aromatic N) is 5. The topological polar surface area (TPSA) is 85.2 Å². The van der Waals surface area contributed by atoms with Crippen LogP contribution >= 0.6 is 0 Å². The normalized spacial score (nSPS) is 15.6. The highest BCUT2D eigenvalue weighted by Crippen LogP contribution is 2.35. The largest absolute Gasteiger partial charge is 0.383 e. The monoisotopic (exact) mass is 390 g/mol. The van der Waals surface area contributed by atoms with E-state index in [2.05, 4.69) is 26.9 Å². The summed E-state index contributed by atoms with van der Waals surface area (Å²) < 4.78 is 6.74. The van der Waals surface area contributed by atoms with E-state index in [1.54, 1.807) is 11.8 Å². The van der Waals surface area contributed by atoms with Gasteiger partial charge >= 0.3 is 0 Å². The first-order valence-electron chi connectivity index (χ1n) is 9.41. The van der Waals surface area contributed by atoms with E-state index in [4.69, 9.17) is 4.74 Å². The van der Waals surface area contributed by atoms with E-state index in [0.29, 0.717) is 19.1 Å². The number of allylic oxidation sites excluding steroid dienone is 1. The van der Waals surface area contributed by atoms with E-state index in [0.717, 1.165) is 16.8 Å². The maximum Gasteiger partial charge on any atom is 0.251 e. The third-order valence-electron chi connectivity index (χ3n) is 4.73. The van der Waals surface area contributed by atoms with Gasteiger partial charge in [0.15, 0.2) is 0 Å². The van der Waals surface area contributed by atoms with Gasteiger partial charge in [-0.1, -0.05) is 65.8 Å². The van der Waals surface area contributed by atoms with Gasteiger partial charge in [0, 0.05) is 13.7 Å². The third kappa shape index (κ3) is 4.02. The fraction of sp³-hybridized carbons (Fsp3) is 0.238. The Labute approximate surface area is 168 Å². The van der Waals surface area contributed by atoms with Gasteiger partial charge in [0.25, 0.3) is 5.95 Å². The lowest BCUT2D eigenvalue weighted by Gasteiger charge is -2.32. The molecule has 1 aliphatic rings. The summed E-state index contributed by atoms with van der Waals surface area (Å²) in [6.07, 6.45) is 2.09. The highest BCUT2D eigenvalue weighted by Gasteiger charge is 2.31. The van der Waals surface area contributed by atoms with Crippen molar-refractivity contribution in [2.24, 2.45) is 0 Å². The lowest BCUT2D eigenvalue weighted by molar-refractivity contribution is -0.119. The van der Waals surface area contributed by atoms with Crippen molar-refractivity contribution >= 4 is 17.6 Å². The molecule has 0 saturated carbocycles. The smallest absolute Gasteiger partial charge is 0.251 e. The molecule has 0 bridgehead atoms. The summed E-state index contributed by atoms with van der Waals surface area (Å²) in [5, 5.41) is 15.1. The molecular weight excluding hydrogens is 368 g/mol. The van der Waals surface area contributed by atoms with E-state index in [1.807, 2.05) is 65.6 Å². The van der Waals surface area contributed by atoms with Crippen LogP contribution in [0.5, 0.6) is 0 Å². The minimum absolute atomic E-state index is 0.103. The van der Waals surface area contributed by atoms with Crippen molar-refractivity contribution in [2.75, 3.05) is 31.7 Å². The molecule has 4 rings (SSSR count). The molecule has 1 aliphatic heterocycles. The summed E-state index contributed by atoms with van der Waals surface area (Å²) in [6.45, 7) is 1.01. The van der Waals surface area contributed by atoms with Crippen molar-refractivity contribution in [3.63, 3.8) is 0 Å². The number of fused-ring (bicyclic) bond motifs is 1. The Morgan fingerprint density at radius 1 is 1.10 bits per heavy atom. The highest BCUT2D eigenvalue weighted by atomic mass is 16.5. The molecule has 2 aromatic carbocycles. The number of carbonyl (C=O) groups is 1. The second-order valence-electron chi connectivity index (χ2n) is 6.63.